The molecule has 1 atom stereocenters. The topological polar surface area (TPSA) is 38.0 Å². The van der Waals surface area contributed by atoms with Gasteiger partial charge in [-0.3, -0.25) is 0 Å². The molecule has 0 spiro atoms. The summed E-state index contributed by atoms with van der Waals surface area (Å²) >= 11 is 0. The van der Waals surface area contributed by atoms with E-state index in [2.05, 4.69) is 19.2 Å². The minimum absolute atomic E-state index is 0.501. The normalized spacial score (nSPS) is 12.4. The van der Waals surface area contributed by atoms with Gasteiger partial charge in [0, 0.05) is 6.04 Å². The van der Waals surface area contributed by atoms with Crippen LogP contribution in [0.3, 0.4) is 0 Å². The molecule has 0 radical (unpaired) electrons. The van der Waals surface area contributed by atoms with Crippen LogP contribution in [-0.2, 0) is 0 Å². The number of nitrogens with two attached hydrogens (primary N) is 1. The zero-order chi connectivity index (χ0) is 11.8. The van der Waals surface area contributed by atoms with Gasteiger partial charge in [0.1, 0.15) is 0 Å². The van der Waals surface area contributed by atoms with Gasteiger partial charge in [-0.2, -0.15) is 0 Å². The maximum Gasteiger partial charge on any atom is 0.0575 e. The van der Waals surface area contributed by atoms with Gasteiger partial charge in [0.05, 0.1) is 11.4 Å². The van der Waals surface area contributed by atoms with E-state index in [-0.39, 0.29) is 0 Å². The monoisotopic (exact) mass is 220 g/mol. The van der Waals surface area contributed by atoms with E-state index in [1.807, 2.05) is 24.3 Å². The van der Waals surface area contributed by atoms with Crippen LogP contribution in [0.25, 0.3) is 0 Å². The highest BCUT2D eigenvalue weighted by molar-refractivity contribution is 5.65. The molecule has 1 unspecified atom stereocenters. The van der Waals surface area contributed by atoms with Crippen LogP contribution in [0.4, 0.5) is 11.4 Å². The first kappa shape index (κ1) is 12.9. The molecule has 0 amide bonds. The quantitative estimate of drug-likeness (QED) is 0.537. The van der Waals surface area contributed by atoms with Crippen LogP contribution in [0.15, 0.2) is 24.3 Å². The predicted octanol–water partition coefficient (Wildman–Crippen LogP) is 4.04. The van der Waals surface area contributed by atoms with E-state index in [9.17, 15) is 0 Å². The van der Waals surface area contributed by atoms with Crippen molar-refractivity contribution < 1.29 is 0 Å². The van der Waals surface area contributed by atoms with Crippen LogP contribution >= 0.6 is 0 Å². The lowest BCUT2D eigenvalue weighted by Crippen LogP contribution is -2.15. The Kier molecular flexibility index (Phi) is 5.76. The van der Waals surface area contributed by atoms with E-state index in [1.54, 1.807) is 0 Å². The van der Waals surface area contributed by atoms with Crippen molar-refractivity contribution in [3.05, 3.63) is 24.3 Å². The highest BCUT2D eigenvalue weighted by atomic mass is 14.9. The van der Waals surface area contributed by atoms with Gasteiger partial charge in [0.25, 0.3) is 0 Å². The van der Waals surface area contributed by atoms with Crippen molar-refractivity contribution in [2.24, 2.45) is 0 Å². The molecule has 90 valence electrons. The summed E-state index contributed by atoms with van der Waals surface area (Å²) < 4.78 is 0. The molecule has 1 aromatic rings. The predicted molar refractivity (Wildman–Crippen MR) is 72.7 cm³/mol. The Morgan fingerprint density at radius 1 is 1.19 bits per heavy atom. The molecule has 0 bridgehead atoms. The summed E-state index contributed by atoms with van der Waals surface area (Å²) in [5.74, 6) is 0. The van der Waals surface area contributed by atoms with Crippen molar-refractivity contribution >= 4 is 11.4 Å². The number of anilines is 2. The van der Waals surface area contributed by atoms with Crippen LogP contribution in [0.2, 0.25) is 0 Å². The second-order valence-electron chi connectivity index (χ2n) is 4.48. The minimum atomic E-state index is 0.501. The number of benzene rings is 1. The fraction of sp³-hybridized carbons (Fsp3) is 0.571. The fourth-order valence-electron chi connectivity index (χ4n) is 1.84. The standard InChI is InChI=1S/C14H24N2/c1-3-4-5-6-9-12(2)16-14-11-8-7-10-13(14)15/h7-8,10-12,16H,3-6,9,15H2,1-2H3. The average Bonchev–Trinajstić information content (AvgIpc) is 2.28. The van der Waals surface area contributed by atoms with Gasteiger partial charge in [-0.05, 0) is 25.5 Å². The van der Waals surface area contributed by atoms with Crippen LogP contribution in [0, 0.1) is 0 Å². The van der Waals surface area contributed by atoms with Gasteiger partial charge in [0.15, 0.2) is 0 Å². The second-order valence-corrected chi connectivity index (χ2v) is 4.48. The van der Waals surface area contributed by atoms with E-state index in [4.69, 9.17) is 5.73 Å². The smallest absolute Gasteiger partial charge is 0.0575 e. The van der Waals surface area contributed by atoms with Crippen molar-refractivity contribution in [1.82, 2.24) is 0 Å². The molecule has 0 heterocycles. The Morgan fingerprint density at radius 2 is 1.94 bits per heavy atom. The van der Waals surface area contributed by atoms with Gasteiger partial charge in [0.2, 0.25) is 0 Å². The molecule has 1 aromatic carbocycles. The Labute approximate surface area is 99.2 Å². The Hall–Kier alpha value is -1.18. The molecule has 1 rings (SSSR count). The summed E-state index contributed by atoms with van der Waals surface area (Å²) in [5.41, 5.74) is 7.78. The van der Waals surface area contributed by atoms with E-state index in [0.717, 1.165) is 11.4 Å². The first-order valence-electron chi connectivity index (χ1n) is 6.35. The molecule has 0 aliphatic rings. The van der Waals surface area contributed by atoms with Crippen molar-refractivity contribution in [2.45, 2.75) is 52.0 Å². The third kappa shape index (κ3) is 4.56. The lowest BCUT2D eigenvalue weighted by atomic mass is 10.1. The van der Waals surface area contributed by atoms with Crippen LogP contribution in [0.1, 0.15) is 46.0 Å². The molecule has 0 aliphatic carbocycles. The largest absolute Gasteiger partial charge is 0.397 e. The van der Waals surface area contributed by atoms with E-state index >= 15 is 0 Å². The second kappa shape index (κ2) is 7.15. The molecule has 0 aromatic heterocycles. The lowest BCUT2D eigenvalue weighted by Gasteiger charge is -2.16. The minimum Gasteiger partial charge on any atom is -0.397 e. The van der Waals surface area contributed by atoms with Gasteiger partial charge >= 0.3 is 0 Å². The van der Waals surface area contributed by atoms with Crippen molar-refractivity contribution in [2.75, 3.05) is 11.1 Å². The molecular weight excluding hydrogens is 196 g/mol. The van der Waals surface area contributed by atoms with Gasteiger partial charge < -0.3 is 11.1 Å². The van der Waals surface area contributed by atoms with Crippen molar-refractivity contribution in [1.29, 1.82) is 0 Å². The molecule has 3 N–H and O–H groups in total. The molecule has 0 saturated heterocycles. The van der Waals surface area contributed by atoms with Gasteiger partial charge in [-0.1, -0.05) is 44.7 Å². The third-order valence-electron chi connectivity index (χ3n) is 2.85. The van der Waals surface area contributed by atoms with Crippen LogP contribution < -0.4 is 11.1 Å². The Morgan fingerprint density at radius 3 is 2.62 bits per heavy atom. The van der Waals surface area contributed by atoms with Crippen LogP contribution in [-0.4, -0.2) is 6.04 Å². The van der Waals surface area contributed by atoms with Crippen LogP contribution in [0.5, 0.6) is 0 Å². The highest BCUT2D eigenvalue weighted by Crippen LogP contribution is 2.19. The zero-order valence-corrected chi connectivity index (χ0v) is 10.5. The number of hydrogen-bond acceptors (Lipinski definition) is 2. The molecule has 2 nitrogen and oxygen atoms in total. The molecule has 2 heteroatoms. The van der Waals surface area contributed by atoms with Crippen molar-refractivity contribution in [3.63, 3.8) is 0 Å². The Bertz CT molecular complexity index is 297. The number of nitrogens with one attached hydrogen (secondary N) is 1. The molecule has 0 aliphatic heterocycles. The number of hydrogen-bond donors (Lipinski definition) is 2. The number of unbranched alkanes of at least 4 members (excludes halogenated alkanes) is 3. The summed E-state index contributed by atoms with van der Waals surface area (Å²) in [6, 6.07) is 8.46. The first-order valence-corrected chi connectivity index (χ1v) is 6.35. The zero-order valence-electron chi connectivity index (χ0n) is 10.5. The maximum atomic E-state index is 5.88. The summed E-state index contributed by atoms with van der Waals surface area (Å²) in [7, 11) is 0. The van der Waals surface area contributed by atoms with Gasteiger partial charge in [-0.15, -0.1) is 0 Å². The van der Waals surface area contributed by atoms with E-state index in [1.165, 1.54) is 32.1 Å². The van der Waals surface area contributed by atoms with E-state index < -0.39 is 0 Å². The van der Waals surface area contributed by atoms with E-state index in [0.29, 0.717) is 6.04 Å². The maximum absolute atomic E-state index is 5.88. The summed E-state index contributed by atoms with van der Waals surface area (Å²) in [6.07, 6.45) is 6.50. The summed E-state index contributed by atoms with van der Waals surface area (Å²) in [4.78, 5) is 0. The summed E-state index contributed by atoms with van der Waals surface area (Å²) in [5, 5.41) is 3.46. The first-order chi connectivity index (χ1) is 7.74. The average molecular weight is 220 g/mol. The molecular formula is C14H24N2. The Balaban J connectivity index is 2.28. The lowest BCUT2D eigenvalue weighted by molar-refractivity contribution is 0.594. The number of para-hydroxylation sites is 2. The van der Waals surface area contributed by atoms with Gasteiger partial charge in [-0.25, -0.2) is 0 Å². The van der Waals surface area contributed by atoms with Crippen molar-refractivity contribution in [3.8, 4) is 0 Å². The highest BCUT2D eigenvalue weighted by Gasteiger charge is 2.03. The third-order valence-corrected chi connectivity index (χ3v) is 2.85. The SMILES string of the molecule is CCCCCCC(C)Nc1ccccc1N. The number of nitrogen functional groups attached to an aromatic ring is 1. The number of rotatable bonds is 7. The molecule has 16 heavy (non-hydrogen) atoms. The molecule has 0 fully saturated rings. The fourth-order valence-corrected chi connectivity index (χ4v) is 1.84. The summed E-state index contributed by atoms with van der Waals surface area (Å²) in [6.45, 7) is 4.46. The molecule has 0 saturated carbocycles.